The summed E-state index contributed by atoms with van der Waals surface area (Å²) in [5.41, 5.74) is 1.20. The van der Waals surface area contributed by atoms with Crippen LogP contribution in [0, 0.1) is 0 Å². The summed E-state index contributed by atoms with van der Waals surface area (Å²) in [7, 11) is 1.78. The fourth-order valence-corrected chi connectivity index (χ4v) is 2.14. The summed E-state index contributed by atoms with van der Waals surface area (Å²) in [6.07, 6.45) is 1.33. The Balaban J connectivity index is 2.07. The Morgan fingerprint density at radius 3 is 2.76 bits per heavy atom. The first kappa shape index (κ1) is 12.1. The van der Waals surface area contributed by atoms with Gasteiger partial charge in [0.15, 0.2) is 0 Å². The average molecular weight is 232 g/mol. The Morgan fingerprint density at radius 2 is 2.12 bits per heavy atom. The minimum Gasteiger partial charge on any atom is -0.380 e. The van der Waals surface area contributed by atoms with E-state index in [1.807, 2.05) is 6.07 Å². The van der Waals surface area contributed by atoms with E-state index in [4.69, 9.17) is 4.74 Å². The number of ether oxygens (including phenoxy) is 1. The van der Waals surface area contributed by atoms with Gasteiger partial charge in [0.2, 0.25) is 0 Å². The number of nitrogens with zero attached hydrogens (tertiary/aromatic N) is 2. The molecule has 92 valence electrons. The van der Waals surface area contributed by atoms with E-state index < -0.39 is 0 Å². The van der Waals surface area contributed by atoms with Crippen LogP contribution < -0.4 is 0 Å². The molecule has 3 nitrogen and oxygen atoms in total. The van der Waals surface area contributed by atoms with E-state index in [9.17, 15) is 0 Å². The summed E-state index contributed by atoms with van der Waals surface area (Å²) < 4.78 is 5.45. The van der Waals surface area contributed by atoms with Crippen molar-refractivity contribution in [2.24, 2.45) is 4.99 Å². The molecule has 0 saturated heterocycles. The molecule has 1 aliphatic rings. The Bertz CT molecular complexity index is 371. The molecule has 1 atom stereocenters. The molecular weight excluding hydrogens is 212 g/mol. The van der Waals surface area contributed by atoms with E-state index in [2.05, 4.69) is 41.1 Å². The second-order valence-electron chi connectivity index (χ2n) is 4.28. The zero-order valence-electron chi connectivity index (χ0n) is 10.6. The van der Waals surface area contributed by atoms with Gasteiger partial charge >= 0.3 is 0 Å². The fourth-order valence-electron chi connectivity index (χ4n) is 2.14. The maximum Gasteiger partial charge on any atom is 0.131 e. The summed E-state index contributed by atoms with van der Waals surface area (Å²) in [6.45, 7) is 4.98. The molecule has 0 amide bonds. The van der Waals surface area contributed by atoms with Crippen LogP contribution in [0.15, 0.2) is 35.3 Å². The van der Waals surface area contributed by atoms with Crippen molar-refractivity contribution in [1.29, 1.82) is 0 Å². The van der Waals surface area contributed by atoms with Gasteiger partial charge in [0, 0.05) is 25.8 Å². The number of methoxy groups -OCH3 is 1. The second-order valence-corrected chi connectivity index (χ2v) is 4.28. The molecule has 17 heavy (non-hydrogen) atoms. The van der Waals surface area contributed by atoms with Crippen LogP contribution >= 0.6 is 0 Å². The lowest BCUT2D eigenvalue weighted by molar-refractivity contribution is 0.0815. The lowest BCUT2D eigenvalue weighted by Gasteiger charge is -2.25. The molecule has 2 rings (SSSR count). The minimum absolute atomic E-state index is 0.294. The first-order valence-electron chi connectivity index (χ1n) is 6.22. The molecule has 0 N–H and O–H groups in total. The Morgan fingerprint density at radius 1 is 1.35 bits per heavy atom. The van der Waals surface area contributed by atoms with Gasteiger partial charge in [0.1, 0.15) is 5.84 Å². The predicted molar refractivity (Wildman–Crippen MR) is 70.5 cm³/mol. The maximum absolute atomic E-state index is 5.45. The van der Waals surface area contributed by atoms with Gasteiger partial charge in [-0.1, -0.05) is 37.3 Å². The normalized spacial score (nSPS) is 17.1. The van der Waals surface area contributed by atoms with Crippen LogP contribution in [0.3, 0.4) is 0 Å². The SMILES string of the molecule is CCC(CN1CCN=C1c1ccccc1)OC. The molecule has 1 aliphatic heterocycles. The molecule has 0 bridgehead atoms. The van der Waals surface area contributed by atoms with Gasteiger partial charge in [-0.25, -0.2) is 0 Å². The highest BCUT2D eigenvalue weighted by atomic mass is 16.5. The zero-order valence-corrected chi connectivity index (χ0v) is 10.6. The number of benzene rings is 1. The van der Waals surface area contributed by atoms with Crippen LogP contribution in [0.1, 0.15) is 18.9 Å². The Hall–Kier alpha value is -1.35. The van der Waals surface area contributed by atoms with Crippen LogP contribution in [0.25, 0.3) is 0 Å². The number of hydrogen-bond acceptors (Lipinski definition) is 3. The molecule has 1 heterocycles. The molecule has 1 unspecified atom stereocenters. The number of aliphatic imine (C=N–C) groups is 1. The molecule has 0 aliphatic carbocycles. The summed E-state index contributed by atoms with van der Waals surface area (Å²) in [4.78, 5) is 6.92. The van der Waals surface area contributed by atoms with Crippen LogP contribution in [0.5, 0.6) is 0 Å². The first-order valence-corrected chi connectivity index (χ1v) is 6.22. The molecule has 0 saturated carbocycles. The summed E-state index contributed by atoms with van der Waals surface area (Å²) in [5.74, 6) is 1.11. The van der Waals surface area contributed by atoms with Crippen molar-refractivity contribution in [1.82, 2.24) is 4.90 Å². The standard InChI is InChI=1S/C14H20N2O/c1-3-13(17-2)11-16-10-9-15-14(16)12-7-5-4-6-8-12/h4-8,13H,3,9-11H2,1-2H3. The topological polar surface area (TPSA) is 24.8 Å². The molecule has 0 aromatic heterocycles. The third-order valence-corrected chi connectivity index (χ3v) is 3.18. The quantitative estimate of drug-likeness (QED) is 0.777. The van der Waals surface area contributed by atoms with Crippen molar-refractivity contribution in [2.75, 3.05) is 26.7 Å². The van der Waals surface area contributed by atoms with E-state index in [0.717, 1.165) is 31.9 Å². The third-order valence-electron chi connectivity index (χ3n) is 3.18. The monoisotopic (exact) mass is 232 g/mol. The number of hydrogen-bond donors (Lipinski definition) is 0. The van der Waals surface area contributed by atoms with Crippen LogP contribution in [-0.4, -0.2) is 43.6 Å². The maximum atomic E-state index is 5.45. The van der Waals surface area contributed by atoms with Crippen LogP contribution in [0.4, 0.5) is 0 Å². The summed E-state index contributed by atoms with van der Waals surface area (Å²) in [6, 6.07) is 10.4. The predicted octanol–water partition coefficient (Wildman–Crippen LogP) is 2.17. The van der Waals surface area contributed by atoms with Gasteiger partial charge in [0.05, 0.1) is 12.6 Å². The number of amidine groups is 1. The largest absolute Gasteiger partial charge is 0.380 e. The van der Waals surface area contributed by atoms with Crippen molar-refractivity contribution in [3.8, 4) is 0 Å². The summed E-state index contributed by atoms with van der Waals surface area (Å²) in [5, 5.41) is 0. The van der Waals surface area contributed by atoms with Gasteiger partial charge in [-0.05, 0) is 6.42 Å². The van der Waals surface area contributed by atoms with E-state index >= 15 is 0 Å². The van der Waals surface area contributed by atoms with Crippen LogP contribution in [-0.2, 0) is 4.74 Å². The van der Waals surface area contributed by atoms with Gasteiger partial charge in [-0.3, -0.25) is 4.99 Å². The van der Waals surface area contributed by atoms with E-state index in [0.29, 0.717) is 6.10 Å². The van der Waals surface area contributed by atoms with Gasteiger partial charge in [-0.15, -0.1) is 0 Å². The lowest BCUT2D eigenvalue weighted by atomic mass is 10.2. The molecule has 3 heteroatoms. The third kappa shape index (κ3) is 2.86. The van der Waals surface area contributed by atoms with E-state index in [-0.39, 0.29) is 0 Å². The minimum atomic E-state index is 0.294. The van der Waals surface area contributed by atoms with Gasteiger partial charge < -0.3 is 9.64 Å². The highest BCUT2D eigenvalue weighted by molar-refractivity contribution is 5.99. The molecule has 0 radical (unpaired) electrons. The van der Waals surface area contributed by atoms with Gasteiger partial charge in [0.25, 0.3) is 0 Å². The second kappa shape index (κ2) is 5.82. The van der Waals surface area contributed by atoms with E-state index in [1.165, 1.54) is 5.56 Å². The van der Waals surface area contributed by atoms with Crippen LogP contribution in [0.2, 0.25) is 0 Å². The van der Waals surface area contributed by atoms with Crippen molar-refractivity contribution >= 4 is 5.84 Å². The Labute approximate surface area is 103 Å². The molecule has 0 fully saturated rings. The number of rotatable bonds is 5. The Kier molecular flexibility index (Phi) is 4.15. The molecule has 1 aromatic carbocycles. The zero-order chi connectivity index (χ0) is 12.1. The molecule has 1 aromatic rings. The van der Waals surface area contributed by atoms with Crippen molar-refractivity contribution in [2.45, 2.75) is 19.4 Å². The fraction of sp³-hybridized carbons (Fsp3) is 0.500. The smallest absolute Gasteiger partial charge is 0.131 e. The first-order chi connectivity index (χ1) is 8.35. The summed E-state index contributed by atoms with van der Waals surface area (Å²) >= 11 is 0. The van der Waals surface area contributed by atoms with Crippen molar-refractivity contribution < 1.29 is 4.74 Å². The van der Waals surface area contributed by atoms with E-state index in [1.54, 1.807) is 7.11 Å². The van der Waals surface area contributed by atoms with Crippen molar-refractivity contribution in [3.05, 3.63) is 35.9 Å². The lowest BCUT2D eigenvalue weighted by Crippen LogP contribution is -2.36. The molecular formula is C14H20N2O. The highest BCUT2D eigenvalue weighted by Gasteiger charge is 2.20. The molecule has 0 spiro atoms. The highest BCUT2D eigenvalue weighted by Crippen LogP contribution is 2.13. The average Bonchev–Trinajstić information content (AvgIpc) is 2.85. The van der Waals surface area contributed by atoms with Gasteiger partial charge in [-0.2, -0.15) is 0 Å². The van der Waals surface area contributed by atoms with Crippen molar-refractivity contribution in [3.63, 3.8) is 0 Å².